The van der Waals surface area contributed by atoms with Crippen LogP contribution >= 0.6 is 0 Å². The summed E-state index contributed by atoms with van der Waals surface area (Å²) in [6.07, 6.45) is 14.2. The summed E-state index contributed by atoms with van der Waals surface area (Å²) in [5, 5.41) is 0. The summed E-state index contributed by atoms with van der Waals surface area (Å²) in [7, 11) is 0. The Hall–Kier alpha value is -0.790. The van der Waals surface area contributed by atoms with Crippen LogP contribution in [0, 0.1) is 17.8 Å². The van der Waals surface area contributed by atoms with Crippen molar-refractivity contribution < 1.29 is 9.53 Å². The maximum Gasteiger partial charge on any atom is 0.309 e. The van der Waals surface area contributed by atoms with Gasteiger partial charge in [-0.3, -0.25) is 4.79 Å². The molecule has 0 N–H and O–H groups in total. The number of fused-ring (bicyclic) bond motifs is 2. The van der Waals surface area contributed by atoms with Gasteiger partial charge in [-0.1, -0.05) is 25.0 Å². The zero-order valence-electron chi connectivity index (χ0n) is 10.4. The van der Waals surface area contributed by atoms with Gasteiger partial charge >= 0.3 is 5.97 Å². The summed E-state index contributed by atoms with van der Waals surface area (Å²) in [6.45, 7) is 0. The van der Waals surface area contributed by atoms with Crippen molar-refractivity contribution in [3.05, 3.63) is 12.2 Å². The van der Waals surface area contributed by atoms with Gasteiger partial charge in [0.05, 0.1) is 5.92 Å². The van der Waals surface area contributed by atoms with E-state index in [0.29, 0.717) is 11.8 Å². The van der Waals surface area contributed by atoms with Gasteiger partial charge < -0.3 is 4.74 Å². The van der Waals surface area contributed by atoms with Crippen LogP contribution < -0.4 is 0 Å². The minimum Gasteiger partial charge on any atom is -0.462 e. The molecule has 3 atom stereocenters. The van der Waals surface area contributed by atoms with Crippen LogP contribution in [0.25, 0.3) is 0 Å². The third-order valence-electron chi connectivity index (χ3n) is 4.67. The van der Waals surface area contributed by atoms with E-state index in [1.165, 1.54) is 32.1 Å². The van der Waals surface area contributed by atoms with Gasteiger partial charge in [-0.15, -0.1) is 0 Å². The highest BCUT2D eigenvalue weighted by Gasteiger charge is 2.41. The predicted octanol–water partition coefficient (Wildman–Crippen LogP) is 3.46. The smallest absolute Gasteiger partial charge is 0.309 e. The molecule has 0 aromatic heterocycles. The summed E-state index contributed by atoms with van der Waals surface area (Å²) in [5.74, 6) is 1.41. The van der Waals surface area contributed by atoms with E-state index in [-0.39, 0.29) is 18.0 Å². The van der Waals surface area contributed by atoms with Gasteiger partial charge in [0.1, 0.15) is 6.10 Å². The molecule has 94 valence electrons. The summed E-state index contributed by atoms with van der Waals surface area (Å²) >= 11 is 0. The average molecular weight is 234 g/mol. The largest absolute Gasteiger partial charge is 0.462 e. The van der Waals surface area contributed by atoms with Crippen molar-refractivity contribution in [1.82, 2.24) is 0 Å². The molecule has 0 radical (unpaired) electrons. The Morgan fingerprint density at radius 2 is 1.76 bits per heavy atom. The number of carbonyl (C=O) groups is 1. The quantitative estimate of drug-likeness (QED) is 0.415. The van der Waals surface area contributed by atoms with E-state index in [1.54, 1.807) is 0 Å². The molecule has 2 saturated carbocycles. The number of hydrogen-bond donors (Lipinski definition) is 0. The lowest BCUT2D eigenvalue weighted by Gasteiger charge is -2.21. The predicted molar refractivity (Wildman–Crippen MR) is 66.4 cm³/mol. The number of rotatable bonds is 2. The normalized spacial score (nSPS) is 37.1. The highest BCUT2D eigenvalue weighted by atomic mass is 16.5. The van der Waals surface area contributed by atoms with Crippen LogP contribution in [0.4, 0.5) is 0 Å². The van der Waals surface area contributed by atoms with Crippen LogP contribution in [0.2, 0.25) is 0 Å². The van der Waals surface area contributed by atoms with Crippen LogP contribution in [-0.4, -0.2) is 12.1 Å². The Bertz CT molecular complexity index is 313. The van der Waals surface area contributed by atoms with Gasteiger partial charge in [-0.2, -0.15) is 0 Å². The maximum absolute atomic E-state index is 12.2. The Labute approximate surface area is 103 Å². The Balaban J connectivity index is 1.54. The lowest BCUT2D eigenvalue weighted by Crippen LogP contribution is -2.26. The van der Waals surface area contributed by atoms with Gasteiger partial charge in [-0.25, -0.2) is 0 Å². The molecule has 3 aliphatic rings. The topological polar surface area (TPSA) is 26.3 Å². The zero-order chi connectivity index (χ0) is 11.7. The van der Waals surface area contributed by atoms with Gasteiger partial charge in [-0.05, 0) is 50.4 Å². The molecule has 3 rings (SSSR count). The van der Waals surface area contributed by atoms with Crippen LogP contribution in [0.1, 0.15) is 51.4 Å². The number of esters is 1. The van der Waals surface area contributed by atoms with Crippen molar-refractivity contribution in [1.29, 1.82) is 0 Å². The molecule has 0 amide bonds. The molecule has 0 aliphatic heterocycles. The first-order valence-electron chi connectivity index (χ1n) is 7.22. The number of hydrogen-bond acceptors (Lipinski definition) is 2. The van der Waals surface area contributed by atoms with Crippen molar-refractivity contribution in [2.75, 3.05) is 0 Å². The van der Waals surface area contributed by atoms with E-state index < -0.39 is 0 Å². The highest BCUT2D eigenvalue weighted by Crippen LogP contribution is 2.44. The molecule has 2 heteroatoms. The van der Waals surface area contributed by atoms with E-state index in [2.05, 4.69) is 12.2 Å². The fraction of sp³-hybridized carbons (Fsp3) is 0.800. The van der Waals surface area contributed by atoms with Crippen LogP contribution in [0.15, 0.2) is 12.2 Å². The monoisotopic (exact) mass is 234 g/mol. The average Bonchev–Trinajstić information content (AvgIpc) is 2.87. The van der Waals surface area contributed by atoms with E-state index in [9.17, 15) is 4.79 Å². The lowest BCUT2D eigenvalue weighted by molar-refractivity contribution is -0.155. The fourth-order valence-electron chi connectivity index (χ4n) is 3.66. The number of carbonyl (C=O) groups excluding carboxylic acids is 1. The third kappa shape index (κ3) is 2.41. The molecule has 2 nitrogen and oxygen atoms in total. The number of ether oxygens (including phenoxy) is 1. The summed E-state index contributed by atoms with van der Waals surface area (Å²) in [5.41, 5.74) is 0. The molecule has 0 aromatic rings. The van der Waals surface area contributed by atoms with E-state index in [1.807, 2.05) is 0 Å². The third-order valence-corrected chi connectivity index (χ3v) is 4.67. The molecule has 0 heterocycles. The standard InChI is InChI=1S/C15H22O2/c16-15(14-10-11-7-8-12(14)9-11)17-13-5-3-1-2-4-6-13/h7-8,11-14H,1-6,9-10H2. The second kappa shape index (κ2) is 4.83. The molecule has 17 heavy (non-hydrogen) atoms. The van der Waals surface area contributed by atoms with Gasteiger partial charge in [0.25, 0.3) is 0 Å². The molecule has 3 aliphatic carbocycles. The van der Waals surface area contributed by atoms with Crippen molar-refractivity contribution in [3.63, 3.8) is 0 Å². The molecule has 3 unspecified atom stereocenters. The Morgan fingerprint density at radius 3 is 2.35 bits per heavy atom. The molecular weight excluding hydrogens is 212 g/mol. The molecule has 0 saturated heterocycles. The fourth-order valence-corrected chi connectivity index (χ4v) is 3.66. The molecule has 0 spiro atoms. The van der Waals surface area contributed by atoms with Crippen LogP contribution in [0.5, 0.6) is 0 Å². The molecule has 2 bridgehead atoms. The van der Waals surface area contributed by atoms with Crippen molar-refractivity contribution >= 4 is 5.97 Å². The Morgan fingerprint density at radius 1 is 1.00 bits per heavy atom. The summed E-state index contributed by atoms with van der Waals surface area (Å²) < 4.78 is 5.74. The highest BCUT2D eigenvalue weighted by molar-refractivity contribution is 5.74. The van der Waals surface area contributed by atoms with Gasteiger partial charge in [0.2, 0.25) is 0 Å². The summed E-state index contributed by atoms with van der Waals surface area (Å²) in [6, 6.07) is 0. The van der Waals surface area contributed by atoms with Gasteiger partial charge in [0.15, 0.2) is 0 Å². The van der Waals surface area contributed by atoms with Crippen molar-refractivity contribution in [2.45, 2.75) is 57.5 Å². The lowest BCUT2D eigenvalue weighted by atomic mass is 9.94. The zero-order valence-corrected chi connectivity index (χ0v) is 10.4. The molecule has 0 aromatic carbocycles. The molecule has 2 fully saturated rings. The van der Waals surface area contributed by atoms with Crippen LogP contribution in [-0.2, 0) is 9.53 Å². The minimum absolute atomic E-state index is 0.0914. The second-order valence-electron chi connectivity index (χ2n) is 5.94. The van der Waals surface area contributed by atoms with Gasteiger partial charge in [0, 0.05) is 0 Å². The maximum atomic E-state index is 12.2. The van der Waals surface area contributed by atoms with E-state index in [4.69, 9.17) is 4.74 Å². The number of allylic oxidation sites excluding steroid dienone is 2. The molecular formula is C15H22O2. The summed E-state index contributed by atoms with van der Waals surface area (Å²) in [4.78, 5) is 12.2. The van der Waals surface area contributed by atoms with Crippen molar-refractivity contribution in [2.24, 2.45) is 17.8 Å². The van der Waals surface area contributed by atoms with E-state index in [0.717, 1.165) is 19.3 Å². The van der Waals surface area contributed by atoms with E-state index >= 15 is 0 Å². The first-order valence-corrected chi connectivity index (χ1v) is 7.22. The van der Waals surface area contributed by atoms with Crippen molar-refractivity contribution in [3.8, 4) is 0 Å². The first-order chi connectivity index (χ1) is 8.33. The SMILES string of the molecule is O=C(OC1CCCCCC1)C1CC2C=CC1C2. The first kappa shape index (κ1) is 11.3. The second-order valence-corrected chi connectivity index (χ2v) is 5.94. The Kier molecular flexibility index (Phi) is 3.21. The van der Waals surface area contributed by atoms with Crippen LogP contribution in [0.3, 0.4) is 0 Å². The minimum atomic E-state index is 0.0914.